The molecule has 0 radical (unpaired) electrons. The van der Waals surface area contributed by atoms with Gasteiger partial charge < -0.3 is 10.2 Å². The molecule has 0 fully saturated rings. The third-order valence-corrected chi connectivity index (χ3v) is 3.61. The van der Waals surface area contributed by atoms with Gasteiger partial charge in [-0.1, -0.05) is 0 Å². The van der Waals surface area contributed by atoms with Gasteiger partial charge in [0.1, 0.15) is 10.7 Å². The van der Waals surface area contributed by atoms with Crippen LogP contribution in [0.5, 0.6) is 0 Å². The summed E-state index contributed by atoms with van der Waals surface area (Å²) in [4.78, 5) is 3.83. The van der Waals surface area contributed by atoms with Crippen molar-refractivity contribution in [2.45, 2.75) is 18.4 Å². The number of nitrogens with zero attached hydrogens (tertiary/aromatic N) is 3. The first-order valence-electron chi connectivity index (χ1n) is 5.08. The molecular formula is C9H13N5O3S. The van der Waals surface area contributed by atoms with Crippen LogP contribution in [0.1, 0.15) is 11.7 Å². The molecule has 18 heavy (non-hydrogen) atoms. The van der Waals surface area contributed by atoms with Gasteiger partial charge in [0.25, 0.3) is 0 Å². The first-order chi connectivity index (χ1) is 8.38. The zero-order chi connectivity index (χ0) is 13.3. The van der Waals surface area contributed by atoms with Gasteiger partial charge in [0, 0.05) is 13.2 Å². The highest BCUT2D eigenvalue weighted by atomic mass is 32.2. The van der Waals surface area contributed by atoms with Crippen molar-refractivity contribution in [2.24, 2.45) is 7.05 Å². The number of aryl methyl sites for hydroxylation is 2. The molecule has 0 amide bonds. The van der Waals surface area contributed by atoms with Gasteiger partial charge in [-0.25, -0.2) is 18.1 Å². The summed E-state index contributed by atoms with van der Waals surface area (Å²) < 4.78 is 32.7. The van der Waals surface area contributed by atoms with Crippen molar-refractivity contribution in [3.05, 3.63) is 24.0 Å². The Hall–Kier alpha value is -1.87. The van der Waals surface area contributed by atoms with Crippen molar-refractivity contribution in [1.82, 2.24) is 19.5 Å². The molecule has 0 spiro atoms. The van der Waals surface area contributed by atoms with E-state index >= 15 is 0 Å². The summed E-state index contributed by atoms with van der Waals surface area (Å²) in [6, 6.07) is 0. The summed E-state index contributed by atoms with van der Waals surface area (Å²) in [5.74, 6) is 0.859. The van der Waals surface area contributed by atoms with E-state index in [-0.39, 0.29) is 17.3 Å². The maximum absolute atomic E-state index is 11.9. The first-order valence-corrected chi connectivity index (χ1v) is 6.57. The van der Waals surface area contributed by atoms with Crippen molar-refractivity contribution in [3.8, 4) is 0 Å². The van der Waals surface area contributed by atoms with Gasteiger partial charge in [-0.2, -0.15) is 5.10 Å². The van der Waals surface area contributed by atoms with E-state index in [9.17, 15) is 8.42 Å². The third-order valence-electron chi connectivity index (χ3n) is 2.19. The lowest BCUT2D eigenvalue weighted by atomic mass is 10.6. The SMILES string of the molecule is Cc1cnc(CNS(=O)(=O)c2cn(C)nc2N)o1. The molecule has 8 nitrogen and oxygen atoms in total. The number of hydrogen-bond acceptors (Lipinski definition) is 6. The Morgan fingerprint density at radius 3 is 2.78 bits per heavy atom. The van der Waals surface area contributed by atoms with Crippen LogP contribution in [0.3, 0.4) is 0 Å². The summed E-state index contributed by atoms with van der Waals surface area (Å²) in [7, 11) is -2.13. The summed E-state index contributed by atoms with van der Waals surface area (Å²) in [5, 5.41) is 3.77. The summed E-state index contributed by atoms with van der Waals surface area (Å²) in [5.41, 5.74) is 5.51. The molecule has 0 aliphatic heterocycles. The van der Waals surface area contributed by atoms with Crippen molar-refractivity contribution >= 4 is 15.8 Å². The summed E-state index contributed by atoms with van der Waals surface area (Å²) >= 11 is 0. The Balaban J connectivity index is 2.15. The van der Waals surface area contributed by atoms with E-state index in [1.165, 1.54) is 17.1 Å². The van der Waals surface area contributed by atoms with E-state index < -0.39 is 10.0 Å². The normalized spacial score (nSPS) is 11.9. The molecule has 0 saturated heterocycles. The molecule has 0 saturated carbocycles. The van der Waals surface area contributed by atoms with E-state index in [1.54, 1.807) is 14.0 Å². The van der Waals surface area contributed by atoms with E-state index in [0.717, 1.165) is 0 Å². The van der Waals surface area contributed by atoms with Crippen molar-refractivity contribution in [3.63, 3.8) is 0 Å². The molecule has 0 aromatic carbocycles. The van der Waals surface area contributed by atoms with Crippen molar-refractivity contribution < 1.29 is 12.8 Å². The minimum Gasteiger partial charge on any atom is -0.445 e. The Bertz CT molecular complexity index is 658. The van der Waals surface area contributed by atoms with Gasteiger partial charge in [0.15, 0.2) is 5.82 Å². The van der Waals surface area contributed by atoms with Crippen LogP contribution >= 0.6 is 0 Å². The maximum Gasteiger partial charge on any atom is 0.246 e. The lowest BCUT2D eigenvalue weighted by Crippen LogP contribution is -2.23. The molecule has 2 aromatic heterocycles. The van der Waals surface area contributed by atoms with Crippen LogP contribution in [-0.2, 0) is 23.6 Å². The number of anilines is 1. The Morgan fingerprint density at radius 2 is 2.28 bits per heavy atom. The predicted octanol–water partition coefficient (Wildman–Crippen LogP) is -0.223. The molecule has 2 aromatic rings. The van der Waals surface area contributed by atoms with E-state index in [2.05, 4.69) is 14.8 Å². The van der Waals surface area contributed by atoms with Gasteiger partial charge in [-0.3, -0.25) is 4.68 Å². The fraction of sp³-hybridized carbons (Fsp3) is 0.333. The molecule has 0 bridgehead atoms. The fourth-order valence-corrected chi connectivity index (χ4v) is 2.49. The van der Waals surface area contributed by atoms with Gasteiger partial charge in [0.05, 0.1) is 12.7 Å². The number of sulfonamides is 1. The predicted molar refractivity (Wildman–Crippen MR) is 62.9 cm³/mol. The zero-order valence-electron chi connectivity index (χ0n) is 9.91. The number of rotatable bonds is 4. The van der Waals surface area contributed by atoms with Crippen LogP contribution in [-0.4, -0.2) is 23.2 Å². The van der Waals surface area contributed by atoms with Crippen LogP contribution in [0.2, 0.25) is 0 Å². The fourth-order valence-electron chi connectivity index (χ4n) is 1.41. The highest BCUT2D eigenvalue weighted by Crippen LogP contribution is 2.15. The number of aromatic nitrogens is 3. The molecule has 9 heteroatoms. The minimum absolute atomic E-state index is 0.0372. The second-order valence-corrected chi connectivity index (χ2v) is 5.48. The van der Waals surface area contributed by atoms with E-state index in [0.29, 0.717) is 11.7 Å². The van der Waals surface area contributed by atoms with Gasteiger partial charge in [0.2, 0.25) is 15.9 Å². The molecule has 2 heterocycles. The van der Waals surface area contributed by atoms with Crippen LogP contribution in [0.15, 0.2) is 21.7 Å². The largest absolute Gasteiger partial charge is 0.445 e. The average Bonchev–Trinajstić information content (AvgIpc) is 2.82. The average molecular weight is 271 g/mol. The van der Waals surface area contributed by atoms with E-state index in [1.807, 2.05) is 0 Å². The minimum atomic E-state index is -3.72. The van der Waals surface area contributed by atoms with E-state index in [4.69, 9.17) is 10.2 Å². The van der Waals surface area contributed by atoms with Gasteiger partial charge >= 0.3 is 0 Å². The molecule has 0 unspecified atom stereocenters. The standard InChI is InChI=1S/C9H13N5O3S/c1-6-3-11-8(17-6)4-12-18(15,16)7-5-14(2)13-9(7)10/h3,5,12H,4H2,1-2H3,(H2,10,13). The number of nitrogens with two attached hydrogens (primary N) is 1. The molecule has 0 aliphatic carbocycles. The van der Waals surface area contributed by atoms with Gasteiger partial charge in [-0.05, 0) is 6.92 Å². The van der Waals surface area contributed by atoms with Gasteiger partial charge in [-0.15, -0.1) is 0 Å². The van der Waals surface area contributed by atoms with Crippen molar-refractivity contribution in [2.75, 3.05) is 5.73 Å². The second kappa shape index (κ2) is 4.42. The van der Waals surface area contributed by atoms with Crippen molar-refractivity contribution in [1.29, 1.82) is 0 Å². The number of nitrogens with one attached hydrogen (secondary N) is 1. The molecule has 0 aliphatic rings. The van der Waals surface area contributed by atoms with Crippen LogP contribution in [0.25, 0.3) is 0 Å². The Labute approximate surface area is 104 Å². The first kappa shape index (κ1) is 12.6. The number of nitrogen functional groups attached to an aromatic ring is 1. The quantitative estimate of drug-likeness (QED) is 0.794. The summed E-state index contributed by atoms with van der Waals surface area (Å²) in [6.07, 6.45) is 2.85. The molecule has 98 valence electrons. The molecule has 2 rings (SSSR count). The highest BCUT2D eigenvalue weighted by Gasteiger charge is 2.20. The Kier molecular flexibility index (Phi) is 3.09. The topological polar surface area (TPSA) is 116 Å². The lowest BCUT2D eigenvalue weighted by molar-refractivity contribution is 0.463. The second-order valence-electron chi connectivity index (χ2n) is 3.74. The lowest BCUT2D eigenvalue weighted by Gasteiger charge is -2.02. The third kappa shape index (κ3) is 2.51. The molecular weight excluding hydrogens is 258 g/mol. The summed E-state index contributed by atoms with van der Waals surface area (Å²) in [6.45, 7) is 1.69. The number of oxazole rings is 1. The smallest absolute Gasteiger partial charge is 0.246 e. The van der Waals surface area contributed by atoms with Crippen LogP contribution in [0, 0.1) is 6.92 Å². The Morgan fingerprint density at radius 1 is 1.56 bits per heavy atom. The molecule has 3 N–H and O–H groups in total. The number of hydrogen-bond donors (Lipinski definition) is 2. The van der Waals surface area contributed by atoms with Crippen LogP contribution in [0.4, 0.5) is 5.82 Å². The van der Waals surface area contributed by atoms with Crippen LogP contribution < -0.4 is 10.5 Å². The molecule has 0 atom stereocenters. The monoisotopic (exact) mass is 271 g/mol. The highest BCUT2D eigenvalue weighted by molar-refractivity contribution is 7.89. The maximum atomic E-state index is 11.9. The zero-order valence-corrected chi connectivity index (χ0v) is 10.7.